The lowest BCUT2D eigenvalue weighted by molar-refractivity contribution is 0.131. The van der Waals surface area contributed by atoms with Crippen LogP contribution in [0.5, 0.6) is 0 Å². The van der Waals surface area contributed by atoms with Gasteiger partial charge in [0.25, 0.3) is 0 Å². The maximum absolute atomic E-state index is 5.77. The molecular formula is C13H27N. The molecule has 0 aromatic heterocycles. The van der Waals surface area contributed by atoms with Crippen LogP contribution in [0.2, 0.25) is 0 Å². The molecule has 4 atom stereocenters. The van der Waals surface area contributed by atoms with E-state index in [1.165, 1.54) is 32.1 Å². The van der Waals surface area contributed by atoms with E-state index in [0.29, 0.717) is 5.92 Å². The maximum Gasteiger partial charge on any atom is -0.00489 e. The summed E-state index contributed by atoms with van der Waals surface area (Å²) in [4.78, 5) is 0. The van der Waals surface area contributed by atoms with E-state index in [4.69, 9.17) is 5.73 Å². The van der Waals surface area contributed by atoms with Gasteiger partial charge in [0.05, 0.1) is 0 Å². The minimum absolute atomic E-state index is 0.701. The van der Waals surface area contributed by atoms with E-state index < -0.39 is 0 Å². The molecule has 1 nitrogen and oxygen atoms in total. The van der Waals surface area contributed by atoms with Crippen molar-refractivity contribution in [3.05, 3.63) is 0 Å². The highest BCUT2D eigenvalue weighted by molar-refractivity contribution is 4.81. The first-order valence-electron chi connectivity index (χ1n) is 6.40. The average molecular weight is 197 g/mol. The van der Waals surface area contributed by atoms with Gasteiger partial charge in [-0.25, -0.2) is 0 Å². The van der Waals surface area contributed by atoms with Crippen LogP contribution < -0.4 is 5.73 Å². The third-order valence-electron chi connectivity index (χ3n) is 4.44. The molecule has 0 bridgehead atoms. The Balaban J connectivity index is 2.53. The molecule has 1 rings (SSSR count). The quantitative estimate of drug-likeness (QED) is 0.734. The minimum Gasteiger partial charge on any atom is -0.330 e. The summed E-state index contributed by atoms with van der Waals surface area (Å²) in [5.74, 6) is 3.46. The molecule has 1 saturated carbocycles. The third kappa shape index (κ3) is 2.73. The van der Waals surface area contributed by atoms with Crippen LogP contribution in [0, 0.1) is 23.7 Å². The van der Waals surface area contributed by atoms with Crippen LogP contribution in [0.1, 0.15) is 52.9 Å². The summed E-state index contributed by atoms with van der Waals surface area (Å²) in [5.41, 5.74) is 5.77. The van der Waals surface area contributed by atoms with Crippen molar-refractivity contribution in [3.8, 4) is 0 Å². The molecule has 1 heteroatoms. The van der Waals surface area contributed by atoms with Gasteiger partial charge in [-0.15, -0.1) is 0 Å². The molecule has 0 saturated heterocycles. The van der Waals surface area contributed by atoms with Crippen LogP contribution in [0.25, 0.3) is 0 Å². The van der Waals surface area contributed by atoms with Crippen LogP contribution >= 0.6 is 0 Å². The van der Waals surface area contributed by atoms with Gasteiger partial charge < -0.3 is 5.73 Å². The van der Waals surface area contributed by atoms with E-state index in [0.717, 1.165) is 24.3 Å². The fraction of sp³-hybridized carbons (Fsp3) is 1.00. The van der Waals surface area contributed by atoms with Crippen LogP contribution in [0.4, 0.5) is 0 Å². The van der Waals surface area contributed by atoms with Gasteiger partial charge in [-0.3, -0.25) is 0 Å². The molecular weight excluding hydrogens is 170 g/mol. The van der Waals surface area contributed by atoms with Crippen LogP contribution in [-0.4, -0.2) is 6.54 Å². The third-order valence-corrected chi connectivity index (χ3v) is 4.44. The lowest BCUT2D eigenvalue weighted by Gasteiger charge is -2.37. The highest BCUT2D eigenvalue weighted by Crippen LogP contribution is 2.39. The van der Waals surface area contributed by atoms with Crippen LogP contribution in [-0.2, 0) is 0 Å². The number of hydrogen-bond donors (Lipinski definition) is 1. The largest absolute Gasteiger partial charge is 0.330 e. The second-order valence-electron chi connectivity index (χ2n) is 5.19. The monoisotopic (exact) mass is 197 g/mol. The van der Waals surface area contributed by atoms with Crippen molar-refractivity contribution in [1.82, 2.24) is 0 Å². The molecule has 0 amide bonds. The average Bonchev–Trinajstić information content (AvgIpc) is 2.26. The SMILES string of the molecule is CCC1CCCCC1C(C)C(C)CN. The second kappa shape index (κ2) is 5.75. The zero-order valence-corrected chi connectivity index (χ0v) is 10.1. The first-order valence-corrected chi connectivity index (χ1v) is 6.40. The first kappa shape index (κ1) is 12.0. The molecule has 0 heterocycles. The number of rotatable bonds is 4. The minimum atomic E-state index is 0.701. The molecule has 0 aromatic carbocycles. The fourth-order valence-electron chi connectivity index (χ4n) is 3.07. The lowest BCUT2D eigenvalue weighted by atomic mass is 9.68. The van der Waals surface area contributed by atoms with Crippen molar-refractivity contribution >= 4 is 0 Å². The van der Waals surface area contributed by atoms with Crippen molar-refractivity contribution in [2.45, 2.75) is 52.9 Å². The molecule has 84 valence electrons. The summed E-state index contributed by atoms with van der Waals surface area (Å²) in [6.07, 6.45) is 7.18. The molecule has 0 aromatic rings. The maximum atomic E-state index is 5.77. The molecule has 4 unspecified atom stereocenters. The van der Waals surface area contributed by atoms with Gasteiger partial charge in [-0.2, -0.15) is 0 Å². The summed E-state index contributed by atoms with van der Waals surface area (Å²) < 4.78 is 0. The molecule has 0 radical (unpaired) electrons. The fourth-order valence-corrected chi connectivity index (χ4v) is 3.07. The lowest BCUT2D eigenvalue weighted by Crippen LogP contribution is -2.31. The Bertz CT molecular complexity index is 155. The van der Waals surface area contributed by atoms with Gasteiger partial charge in [-0.1, -0.05) is 46.5 Å². The van der Waals surface area contributed by atoms with E-state index in [2.05, 4.69) is 20.8 Å². The Hall–Kier alpha value is -0.0400. The summed E-state index contributed by atoms with van der Waals surface area (Å²) in [6.45, 7) is 7.93. The van der Waals surface area contributed by atoms with Crippen molar-refractivity contribution in [1.29, 1.82) is 0 Å². The van der Waals surface area contributed by atoms with Crippen LogP contribution in [0.3, 0.4) is 0 Å². The van der Waals surface area contributed by atoms with E-state index in [1.54, 1.807) is 0 Å². The molecule has 1 aliphatic carbocycles. The standard InChI is InChI=1S/C13H27N/c1-4-12-7-5-6-8-13(12)11(3)10(2)9-14/h10-13H,4-9,14H2,1-3H3. The second-order valence-corrected chi connectivity index (χ2v) is 5.19. The molecule has 1 aliphatic rings. The van der Waals surface area contributed by atoms with E-state index in [-0.39, 0.29) is 0 Å². The summed E-state index contributed by atoms with van der Waals surface area (Å²) in [5, 5.41) is 0. The van der Waals surface area contributed by atoms with E-state index in [1.807, 2.05) is 0 Å². The first-order chi connectivity index (χ1) is 6.70. The van der Waals surface area contributed by atoms with Gasteiger partial charge in [0.1, 0.15) is 0 Å². The zero-order chi connectivity index (χ0) is 10.6. The normalized spacial score (nSPS) is 32.6. The summed E-state index contributed by atoms with van der Waals surface area (Å²) in [7, 11) is 0. The highest BCUT2D eigenvalue weighted by atomic mass is 14.6. The van der Waals surface area contributed by atoms with E-state index in [9.17, 15) is 0 Å². The highest BCUT2D eigenvalue weighted by Gasteiger charge is 2.30. The van der Waals surface area contributed by atoms with E-state index >= 15 is 0 Å². The predicted molar refractivity (Wildman–Crippen MR) is 63.1 cm³/mol. The van der Waals surface area contributed by atoms with Crippen molar-refractivity contribution in [2.24, 2.45) is 29.4 Å². The Labute approximate surface area is 89.5 Å². The Morgan fingerprint density at radius 3 is 2.43 bits per heavy atom. The van der Waals surface area contributed by atoms with Crippen molar-refractivity contribution < 1.29 is 0 Å². The summed E-state index contributed by atoms with van der Waals surface area (Å²) in [6, 6.07) is 0. The van der Waals surface area contributed by atoms with Gasteiger partial charge >= 0.3 is 0 Å². The smallest absolute Gasteiger partial charge is 0.00489 e. The topological polar surface area (TPSA) is 26.0 Å². The Morgan fingerprint density at radius 1 is 1.21 bits per heavy atom. The number of nitrogens with two attached hydrogens (primary N) is 1. The molecule has 1 fully saturated rings. The van der Waals surface area contributed by atoms with Gasteiger partial charge in [0, 0.05) is 0 Å². The van der Waals surface area contributed by atoms with Crippen molar-refractivity contribution in [2.75, 3.05) is 6.54 Å². The zero-order valence-electron chi connectivity index (χ0n) is 10.1. The van der Waals surface area contributed by atoms with Gasteiger partial charge in [-0.05, 0) is 36.6 Å². The van der Waals surface area contributed by atoms with Gasteiger partial charge in [0.15, 0.2) is 0 Å². The molecule has 0 spiro atoms. The molecule has 14 heavy (non-hydrogen) atoms. The Kier molecular flexibility index (Phi) is 4.94. The van der Waals surface area contributed by atoms with Gasteiger partial charge in [0.2, 0.25) is 0 Å². The van der Waals surface area contributed by atoms with Crippen molar-refractivity contribution in [3.63, 3.8) is 0 Å². The molecule has 2 N–H and O–H groups in total. The Morgan fingerprint density at radius 2 is 1.86 bits per heavy atom. The van der Waals surface area contributed by atoms with Crippen LogP contribution in [0.15, 0.2) is 0 Å². The predicted octanol–water partition coefficient (Wildman–Crippen LogP) is 3.43. The number of hydrogen-bond acceptors (Lipinski definition) is 1. The summed E-state index contributed by atoms with van der Waals surface area (Å²) >= 11 is 0. The molecule has 0 aliphatic heterocycles.